The van der Waals surface area contributed by atoms with Gasteiger partial charge in [-0.2, -0.15) is 0 Å². The molecule has 0 bridgehead atoms. The summed E-state index contributed by atoms with van der Waals surface area (Å²) in [5.41, 5.74) is 6.57. The van der Waals surface area contributed by atoms with E-state index >= 15 is 0 Å². The Labute approximate surface area is 112 Å². The van der Waals surface area contributed by atoms with Crippen LogP contribution in [0.15, 0.2) is 24.3 Å². The van der Waals surface area contributed by atoms with Crippen LogP contribution in [0.1, 0.15) is 17.3 Å². The number of benzene rings is 1. The van der Waals surface area contributed by atoms with E-state index in [2.05, 4.69) is 10.6 Å². The number of hydrogen-bond acceptors (Lipinski definition) is 4. The summed E-state index contributed by atoms with van der Waals surface area (Å²) in [5.74, 6) is -0.567. The molecule has 0 aliphatic heterocycles. The molecule has 6 nitrogen and oxygen atoms in total. The van der Waals surface area contributed by atoms with E-state index in [0.29, 0.717) is 17.8 Å². The van der Waals surface area contributed by atoms with Crippen LogP contribution in [0.25, 0.3) is 0 Å². The van der Waals surface area contributed by atoms with Gasteiger partial charge in [0.25, 0.3) is 5.91 Å². The Bertz CT molecular complexity index is 431. The van der Waals surface area contributed by atoms with Crippen molar-refractivity contribution in [1.29, 1.82) is 0 Å². The van der Waals surface area contributed by atoms with Gasteiger partial charge < -0.3 is 21.1 Å². The van der Waals surface area contributed by atoms with Crippen molar-refractivity contribution in [1.82, 2.24) is 10.6 Å². The smallest absolute Gasteiger partial charge is 0.251 e. The van der Waals surface area contributed by atoms with E-state index in [4.69, 9.17) is 10.5 Å². The summed E-state index contributed by atoms with van der Waals surface area (Å²) in [7, 11) is 1.57. The molecule has 19 heavy (non-hydrogen) atoms. The van der Waals surface area contributed by atoms with Gasteiger partial charge in [0.05, 0.1) is 12.6 Å². The summed E-state index contributed by atoms with van der Waals surface area (Å²) in [6.45, 7) is 2.18. The molecule has 0 aliphatic carbocycles. The van der Waals surface area contributed by atoms with Crippen LogP contribution in [-0.2, 0) is 9.53 Å². The Hall–Kier alpha value is -2.08. The van der Waals surface area contributed by atoms with Gasteiger partial charge in [0.2, 0.25) is 5.91 Å². The van der Waals surface area contributed by atoms with Crippen LogP contribution in [0.5, 0.6) is 0 Å². The second-order valence-electron chi connectivity index (χ2n) is 4.16. The molecular weight excluding hydrogens is 246 g/mol. The summed E-state index contributed by atoms with van der Waals surface area (Å²) >= 11 is 0. The number of hydrogen-bond donors (Lipinski definition) is 3. The number of anilines is 1. The third kappa shape index (κ3) is 5.39. The van der Waals surface area contributed by atoms with E-state index in [-0.39, 0.29) is 24.5 Å². The van der Waals surface area contributed by atoms with E-state index < -0.39 is 0 Å². The van der Waals surface area contributed by atoms with Gasteiger partial charge in [0.15, 0.2) is 0 Å². The normalized spacial score (nSPS) is 11.7. The Morgan fingerprint density at radius 2 is 1.89 bits per heavy atom. The lowest BCUT2D eigenvalue weighted by Gasteiger charge is -2.11. The second-order valence-corrected chi connectivity index (χ2v) is 4.16. The molecule has 0 saturated carbocycles. The standard InChI is InChI=1S/C13H19N3O3/c1-9(19-2)7-15-12(17)8-16-13(18)10-3-5-11(14)6-4-10/h3-6,9H,7-8,14H2,1-2H3,(H,15,17)(H,16,18). The van der Waals surface area contributed by atoms with Crippen molar-refractivity contribution in [2.45, 2.75) is 13.0 Å². The van der Waals surface area contributed by atoms with Crippen molar-refractivity contribution < 1.29 is 14.3 Å². The molecule has 0 radical (unpaired) electrons. The van der Waals surface area contributed by atoms with Crippen LogP contribution in [0.2, 0.25) is 0 Å². The van der Waals surface area contributed by atoms with Gasteiger partial charge in [-0.1, -0.05) is 0 Å². The first-order chi connectivity index (χ1) is 9.02. The van der Waals surface area contributed by atoms with Crippen LogP contribution in [0, 0.1) is 0 Å². The molecule has 0 aliphatic rings. The predicted octanol–water partition coefficient (Wildman–Crippen LogP) is 0.150. The number of carbonyl (C=O) groups is 2. The topological polar surface area (TPSA) is 93.5 Å². The molecule has 0 heterocycles. The molecule has 1 aromatic carbocycles. The number of carbonyl (C=O) groups excluding carboxylic acids is 2. The SMILES string of the molecule is COC(C)CNC(=O)CNC(=O)c1ccc(N)cc1. The summed E-state index contributed by atoms with van der Waals surface area (Å²) in [6.07, 6.45) is -0.0586. The van der Waals surface area contributed by atoms with Crippen LogP contribution in [0.3, 0.4) is 0 Å². The van der Waals surface area contributed by atoms with Crippen LogP contribution in [0.4, 0.5) is 5.69 Å². The van der Waals surface area contributed by atoms with Crippen molar-refractivity contribution in [3.05, 3.63) is 29.8 Å². The van der Waals surface area contributed by atoms with Crippen molar-refractivity contribution >= 4 is 17.5 Å². The Morgan fingerprint density at radius 3 is 2.47 bits per heavy atom. The maximum Gasteiger partial charge on any atom is 0.251 e. The number of nitrogens with two attached hydrogens (primary N) is 1. The van der Waals surface area contributed by atoms with Gasteiger partial charge in [-0.15, -0.1) is 0 Å². The maximum atomic E-state index is 11.7. The Kier molecular flexibility index (Phi) is 5.81. The summed E-state index contributed by atoms with van der Waals surface area (Å²) < 4.78 is 4.99. The molecule has 1 atom stereocenters. The first-order valence-electron chi connectivity index (χ1n) is 5.96. The number of methoxy groups -OCH3 is 1. The van der Waals surface area contributed by atoms with Gasteiger partial charge in [-0.3, -0.25) is 9.59 Å². The van der Waals surface area contributed by atoms with Gasteiger partial charge in [-0.05, 0) is 31.2 Å². The minimum atomic E-state index is -0.310. The number of ether oxygens (including phenoxy) is 1. The average molecular weight is 265 g/mol. The molecule has 0 fully saturated rings. The summed E-state index contributed by atoms with van der Waals surface area (Å²) in [5, 5.41) is 5.18. The molecule has 0 saturated heterocycles. The minimum Gasteiger partial charge on any atom is -0.399 e. The van der Waals surface area contributed by atoms with E-state index in [1.165, 1.54) is 0 Å². The monoisotopic (exact) mass is 265 g/mol. The molecule has 1 aromatic rings. The molecule has 0 aromatic heterocycles. The molecule has 104 valence electrons. The number of nitrogens with one attached hydrogen (secondary N) is 2. The van der Waals surface area contributed by atoms with Crippen molar-refractivity contribution in [3.8, 4) is 0 Å². The number of rotatable bonds is 6. The zero-order valence-corrected chi connectivity index (χ0v) is 11.1. The van der Waals surface area contributed by atoms with Crippen molar-refractivity contribution in [2.24, 2.45) is 0 Å². The fraction of sp³-hybridized carbons (Fsp3) is 0.385. The minimum absolute atomic E-state index is 0.0586. The molecule has 0 spiro atoms. The zero-order chi connectivity index (χ0) is 14.3. The number of nitrogen functional groups attached to an aromatic ring is 1. The Morgan fingerprint density at radius 1 is 1.26 bits per heavy atom. The third-order valence-corrected chi connectivity index (χ3v) is 2.57. The van der Waals surface area contributed by atoms with E-state index in [1.54, 1.807) is 31.4 Å². The Balaban J connectivity index is 2.34. The molecule has 1 unspecified atom stereocenters. The largest absolute Gasteiger partial charge is 0.399 e. The van der Waals surface area contributed by atoms with Gasteiger partial charge in [-0.25, -0.2) is 0 Å². The van der Waals surface area contributed by atoms with E-state index in [1.807, 2.05) is 6.92 Å². The summed E-state index contributed by atoms with van der Waals surface area (Å²) in [4.78, 5) is 23.2. The van der Waals surface area contributed by atoms with Crippen LogP contribution >= 0.6 is 0 Å². The highest BCUT2D eigenvalue weighted by molar-refractivity contribution is 5.96. The quantitative estimate of drug-likeness (QED) is 0.638. The first kappa shape index (κ1) is 15.0. The lowest BCUT2D eigenvalue weighted by atomic mass is 10.2. The highest BCUT2D eigenvalue weighted by Gasteiger charge is 2.08. The van der Waals surface area contributed by atoms with Crippen LogP contribution < -0.4 is 16.4 Å². The molecule has 2 amide bonds. The maximum absolute atomic E-state index is 11.7. The van der Waals surface area contributed by atoms with Gasteiger partial charge >= 0.3 is 0 Å². The first-order valence-corrected chi connectivity index (χ1v) is 5.96. The average Bonchev–Trinajstić information content (AvgIpc) is 2.42. The van der Waals surface area contributed by atoms with Gasteiger partial charge in [0, 0.05) is 24.9 Å². The van der Waals surface area contributed by atoms with E-state index in [9.17, 15) is 9.59 Å². The lowest BCUT2D eigenvalue weighted by molar-refractivity contribution is -0.120. The van der Waals surface area contributed by atoms with Crippen molar-refractivity contribution in [2.75, 3.05) is 25.9 Å². The highest BCUT2D eigenvalue weighted by Crippen LogP contribution is 2.04. The molecular formula is C13H19N3O3. The molecule has 4 N–H and O–H groups in total. The molecule has 1 rings (SSSR count). The summed E-state index contributed by atoms with van der Waals surface area (Å²) in [6, 6.07) is 6.48. The van der Waals surface area contributed by atoms with E-state index in [0.717, 1.165) is 0 Å². The van der Waals surface area contributed by atoms with Crippen LogP contribution in [-0.4, -0.2) is 38.1 Å². The predicted molar refractivity (Wildman–Crippen MR) is 72.7 cm³/mol. The zero-order valence-electron chi connectivity index (χ0n) is 11.1. The lowest BCUT2D eigenvalue weighted by Crippen LogP contribution is -2.39. The van der Waals surface area contributed by atoms with Crippen molar-refractivity contribution in [3.63, 3.8) is 0 Å². The fourth-order valence-corrected chi connectivity index (χ4v) is 1.30. The second kappa shape index (κ2) is 7.38. The number of amides is 2. The molecule has 6 heteroatoms. The highest BCUT2D eigenvalue weighted by atomic mass is 16.5. The third-order valence-electron chi connectivity index (χ3n) is 2.57. The fourth-order valence-electron chi connectivity index (χ4n) is 1.30. The van der Waals surface area contributed by atoms with Gasteiger partial charge in [0.1, 0.15) is 0 Å².